The van der Waals surface area contributed by atoms with Gasteiger partial charge in [-0.15, -0.1) is 0 Å². The van der Waals surface area contributed by atoms with Gasteiger partial charge >= 0.3 is 0 Å². The monoisotopic (exact) mass is 115 g/mol. The van der Waals surface area contributed by atoms with Crippen LogP contribution in [0.2, 0.25) is 0 Å². The van der Waals surface area contributed by atoms with Gasteiger partial charge in [-0.3, -0.25) is 0 Å². The van der Waals surface area contributed by atoms with Crippen LogP contribution in [0.5, 0.6) is 0 Å². The van der Waals surface area contributed by atoms with Crippen LogP contribution in [0.4, 0.5) is 0 Å². The van der Waals surface area contributed by atoms with E-state index in [-0.39, 0.29) is 6.04 Å². The highest BCUT2D eigenvalue weighted by Gasteiger charge is 2.09. The average Bonchev–Trinajstić information content (AvgIpc) is 1.87. The van der Waals surface area contributed by atoms with E-state index in [1.807, 2.05) is 12.2 Å². The molecule has 0 radical (unpaired) electrons. The van der Waals surface area contributed by atoms with Gasteiger partial charge in [-0.2, -0.15) is 12.6 Å². The molecule has 0 unspecified atom stereocenters. The van der Waals surface area contributed by atoms with E-state index in [0.29, 0.717) is 5.25 Å². The molecule has 0 heterocycles. The van der Waals surface area contributed by atoms with Crippen molar-refractivity contribution in [1.82, 2.24) is 0 Å². The number of rotatable bonds is 0. The zero-order chi connectivity index (χ0) is 5.28. The van der Waals surface area contributed by atoms with Gasteiger partial charge in [0.05, 0.1) is 0 Å². The number of hydrogen-bond acceptors (Lipinski definition) is 2. The fraction of sp³-hybridized carbons (Fsp3) is 0.600. The van der Waals surface area contributed by atoms with E-state index in [4.69, 9.17) is 5.73 Å². The first-order valence-corrected chi connectivity index (χ1v) is 2.92. The summed E-state index contributed by atoms with van der Waals surface area (Å²) < 4.78 is 0. The predicted octanol–water partition coefficient (Wildman–Crippen LogP) is 0.572. The summed E-state index contributed by atoms with van der Waals surface area (Å²) in [5.74, 6) is 0. The smallest absolute Gasteiger partial charge is 0.0237 e. The molecule has 1 nitrogen and oxygen atoms in total. The molecule has 0 aromatic heterocycles. The Bertz CT molecular complexity index is 80.1. The molecule has 0 spiro atoms. The van der Waals surface area contributed by atoms with Crippen LogP contribution in [0.25, 0.3) is 0 Å². The quantitative estimate of drug-likeness (QED) is 0.350. The van der Waals surface area contributed by atoms with Crippen LogP contribution >= 0.6 is 12.6 Å². The fourth-order valence-electron chi connectivity index (χ4n) is 0.707. The molecule has 40 valence electrons. The van der Waals surface area contributed by atoms with E-state index < -0.39 is 0 Å². The van der Waals surface area contributed by atoms with Gasteiger partial charge in [-0.05, 0) is 6.42 Å². The Hall–Kier alpha value is 0.0500. The summed E-state index contributed by atoms with van der Waals surface area (Å²) in [4.78, 5) is 0. The van der Waals surface area contributed by atoms with Crippen molar-refractivity contribution >= 4 is 12.6 Å². The van der Waals surface area contributed by atoms with Crippen molar-refractivity contribution in [3.05, 3.63) is 12.2 Å². The molecule has 2 N–H and O–H groups in total. The average molecular weight is 115 g/mol. The Morgan fingerprint density at radius 2 is 2.29 bits per heavy atom. The lowest BCUT2D eigenvalue weighted by Gasteiger charge is -1.97. The first-order valence-electron chi connectivity index (χ1n) is 2.41. The van der Waals surface area contributed by atoms with Crippen LogP contribution in [0.1, 0.15) is 6.42 Å². The van der Waals surface area contributed by atoms with Crippen LogP contribution < -0.4 is 5.73 Å². The minimum absolute atomic E-state index is 0.266. The number of hydrogen-bond donors (Lipinski definition) is 2. The summed E-state index contributed by atoms with van der Waals surface area (Å²) in [6.45, 7) is 0. The van der Waals surface area contributed by atoms with E-state index in [1.165, 1.54) is 0 Å². The van der Waals surface area contributed by atoms with Crippen molar-refractivity contribution in [3.8, 4) is 0 Å². The lowest BCUT2D eigenvalue weighted by atomic mass is 10.3. The third-order valence-corrected chi connectivity index (χ3v) is 1.48. The highest BCUT2D eigenvalue weighted by molar-refractivity contribution is 7.81. The molecular weight excluding hydrogens is 106 g/mol. The normalized spacial score (nSPS) is 39.7. The summed E-state index contributed by atoms with van der Waals surface area (Å²) in [5.41, 5.74) is 5.49. The summed E-state index contributed by atoms with van der Waals surface area (Å²) in [6, 6.07) is 0.266. The van der Waals surface area contributed by atoms with E-state index in [0.717, 1.165) is 6.42 Å². The zero-order valence-corrected chi connectivity index (χ0v) is 4.94. The maximum absolute atomic E-state index is 5.49. The highest BCUT2D eigenvalue weighted by Crippen LogP contribution is 2.12. The van der Waals surface area contributed by atoms with Gasteiger partial charge in [0.15, 0.2) is 0 Å². The van der Waals surface area contributed by atoms with E-state index >= 15 is 0 Å². The third kappa shape index (κ3) is 1.21. The molecule has 0 amide bonds. The standard InChI is InChI=1S/C5H9NS/c6-4-1-2-5(7)3-4/h1-2,4-5,7H,3,6H2/t4-,5+/m1/s1. The molecule has 7 heavy (non-hydrogen) atoms. The number of thiol groups is 1. The Kier molecular flexibility index (Phi) is 1.40. The molecule has 1 aliphatic carbocycles. The van der Waals surface area contributed by atoms with Gasteiger partial charge < -0.3 is 5.73 Å². The molecule has 0 aromatic rings. The van der Waals surface area contributed by atoms with Gasteiger partial charge in [0, 0.05) is 11.3 Å². The first kappa shape index (κ1) is 5.19. The highest BCUT2D eigenvalue weighted by atomic mass is 32.1. The second kappa shape index (κ2) is 1.88. The van der Waals surface area contributed by atoms with Gasteiger partial charge in [-0.1, -0.05) is 12.2 Å². The van der Waals surface area contributed by atoms with E-state index in [2.05, 4.69) is 12.6 Å². The largest absolute Gasteiger partial charge is 0.324 e. The van der Waals surface area contributed by atoms with Gasteiger partial charge in [0.1, 0.15) is 0 Å². The SMILES string of the molecule is N[C@@H]1C=C[C@H](S)C1. The molecule has 2 heteroatoms. The molecule has 2 atom stereocenters. The van der Waals surface area contributed by atoms with E-state index in [9.17, 15) is 0 Å². The lowest BCUT2D eigenvalue weighted by molar-refractivity contribution is 0.791. The molecule has 0 fully saturated rings. The van der Waals surface area contributed by atoms with Crippen molar-refractivity contribution < 1.29 is 0 Å². The summed E-state index contributed by atoms with van der Waals surface area (Å²) >= 11 is 4.18. The van der Waals surface area contributed by atoms with Crippen molar-refractivity contribution in [2.45, 2.75) is 17.7 Å². The van der Waals surface area contributed by atoms with Crippen LogP contribution in [0.15, 0.2) is 12.2 Å². The number of nitrogens with two attached hydrogens (primary N) is 1. The van der Waals surface area contributed by atoms with Crippen LogP contribution in [0, 0.1) is 0 Å². The summed E-state index contributed by atoms with van der Waals surface area (Å²) in [6.07, 6.45) is 5.04. The van der Waals surface area contributed by atoms with Crippen molar-refractivity contribution in [2.24, 2.45) is 5.73 Å². The van der Waals surface area contributed by atoms with Gasteiger partial charge in [0.2, 0.25) is 0 Å². The fourth-order valence-corrected chi connectivity index (χ4v) is 1.05. The van der Waals surface area contributed by atoms with Crippen LogP contribution in [0.3, 0.4) is 0 Å². The molecule has 0 aliphatic heterocycles. The molecule has 0 saturated carbocycles. The molecule has 1 rings (SSSR count). The maximum atomic E-state index is 5.49. The van der Waals surface area contributed by atoms with Crippen LogP contribution in [-0.2, 0) is 0 Å². The topological polar surface area (TPSA) is 26.0 Å². The van der Waals surface area contributed by atoms with E-state index in [1.54, 1.807) is 0 Å². The molecule has 0 saturated heterocycles. The predicted molar refractivity (Wildman–Crippen MR) is 34.5 cm³/mol. The maximum Gasteiger partial charge on any atom is 0.0237 e. The van der Waals surface area contributed by atoms with Crippen molar-refractivity contribution in [2.75, 3.05) is 0 Å². The lowest BCUT2D eigenvalue weighted by Crippen LogP contribution is -2.14. The zero-order valence-electron chi connectivity index (χ0n) is 4.04. The molecular formula is C5H9NS. The Morgan fingerprint density at radius 1 is 1.57 bits per heavy atom. The Morgan fingerprint density at radius 3 is 2.43 bits per heavy atom. The van der Waals surface area contributed by atoms with Crippen molar-refractivity contribution in [1.29, 1.82) is 0 Å². The third-order valence-electron chi connectivity index (χ3n) is 1.09. The van der Waals surface area contributed by atoms with Gasteiger partial charge in [0.25, 0.3) is 0 Å². The second-order valence-corrected chi connectivity index (χ2v) is 2.52. The molecule has 1 aliphatic rings. The Labute approximate surface area is 49.0 Å². The van der Waals surface area contributed by atoms with Gasteiger partial charge in [-0.25, -0.2) is 0 Å². The minimum Gasteiger partial charge on any atom is -0.324 e. The first-order chi connectivity index (χ1) is 3.29. The summed E-state index contributed by atoms with van der Waals surface area (Å²) in [5, 5.41) is 0.412. The second-order valence-electron chi connectivity index (χ2n) is 1.85. The summed E-state index contributed by atoms with van der Waals surface area (Å²) in [7, 11) is 0. The Balaban J connectivity index is 2.42. The molecule has 0 bridgehead atoms. The van der Waals surface area contributed by atoms with Crippen molar-refractivity contribution in [3.63, 3.8) is 0 Å². The molecule has 0 aromatic carbocycles. The minimum atomic E-state index is 0.266. The van der Waals surface area contributed by atoms with Crippen LogP contribution in [-0.4, -0.2) is 11.3 Å².